The first-order chi connectivity index (χ1) is 8.04. The number of nitrogens with zero attached hydrogens (tertiary/aromatic N) is 1. The van der Waals surface area contributed by atoms with Gasteiger partial charge in [0.15, 0.2) is 0 Å². The molecule has 0 aromatic rings. The Hall–Kier alpha value is -1.84. The maximum atomic E-state index is 11.3. The van der Waals surface area contributed by atoms with Crippen molar-refractivity contribution < 1.29 is 9.53 Å². The Kier molecular flexibility index (Phi) is 4.26. The molecule has 0 heterocycles. The molecule has 0 saturated carbocycles. The average molecular weight is 234 g/mol. The van der Waals surface area contributed by atoms with Crippen LogP contribution in [0.5, 0.6) is 0 Å². The number of methoxy groups -OCH3 is 1. The molecule has 92 valence electrons. The number of hydrogen-bond donors (Lipinski definition) is 1. The molecule has 1 aliphatic rings. The number of nitrogens with two attached hydrogens (primary N) is 1. The first-order valence-corrected chi connectivity index (χ1v) is 5.49. The van der Waals surface area contributed by atoms with Crippen molar-refractivity contribution in [1.29, 1.82) is 0 Å². The number of allylic oxidation sites excluding steroid dienone is 4. The van der Waals surface area contributed by atoms with Gasteiger partial charge in [-0.25, -0.2) is 0 Å². The molecule has 17 heavy (non-hydrogen) atoms. The molecule has 1 aliphatic carbocycles. The third-order valence-corrected chi connectivity index (χ3v) is 2.81. The van der Waals surface area contributed by atoms with E-state index in [1.807, 2.05) is 6.92 Å². The van der Waals surface area contributed by atoms with Crippen LogP contribution in [0.4, 0.5) is 0 Å². The summed E-state index contributed by atoms with van der Waals surface area (Å²) < 4.78 is 5.15. The second kappa shape index (κ2) is 5.48. The van der Waals surface area contributed by atoms with E-state index in [9.17, 15) is 4.79 Å². The molecule has 1 rings (SSSR count). The predicted octanol–water partition coefficient (Wildman–Crippen LogP) is 1.74. The van der Waals surface area contributed by atoms with Gasteiger partial charge in [0.25, 0.3) is 5.91 Å². The van der Waals surface area contributed by atoms with Gasteiger partial charge in [0.1, 0.15) is 5.76 Å². The van der Waals surface area contributed by atoms with E-state index in [2.05, 4.69) is 11.9 Å². The van der Waals surface area contributed by atoms with Crippen molar-refractivity contribution in [3.8, 4) is 0 Å². The first kappa shape index (κ1) is 13.2. The highest BCUT2D eigenvalue weighted by atomic mass is 16.5. The lowest BCUT2D eigenvalue weighted by atomic mass is 9.93. The molecule has 1 amide bonds. The SMILES string of the molecule is CC/C(C)=C1/C=C(C(N)=O)C(OC)=CC1=NC. The summed E-state index contributed by atoms with van der Waals surface area (Å²) in [4.78, 5) is 15.5. The molecule has 0 fully saturated rings. The summed E-state index contributed by atoms with van der Waals surface area (Å²) in [5.74, 6) is -0.0274. The molecule has 0 aromatic carbocycles. The lowest BCUT2D eigenvalue weighted by molar-refractivity contribution is -0.114. The summed E-state index contributed by atoms with van der Waals surface area (Å²) in [7, 11) is 3.22. The van der Waals surface area contributed by atoms with E-state index >= 15 is 0 Å². The maximum absolute atomic E-state index is 11.3. The fourth-order valence-corrected chi connectivity index (χ4v) is 1.65. The molecule has 0 unspecified atom stereocenters. The fraction of sp³-hybridized carbons (Fsp3) is 0.385. The van der Waals surface area contributed by atoms with Crippen LogP contribution < -0.4 is 5.73 Å². The second-order valence-electron chi connectivity index (χ2n) is 3.79. The molecule has 0 aromatic heterocycles. The van der Waals surface area contributed by atoms with Crippen LogP contribution in [0.15, 0.2) is 39.6 Å². The number of ether oxygens (including phenoxy) is 1. The van der Waals surface area contributed by atoms with Crippen LogP contribution in [0.2, 0.25) is 0 Å². The van der Waals surface area contributed by atoms with E-state index in [4.69, 9.17) is 10.5 Å². The van der Waals surface area contributed by atoms with Crippen molar-refractivity contribution in [2.75, 3.05) is 14.2 Å². The third kappa shape index (κ3) is 2.64. The topological polar surface area (TPSA) is 64.7 Å². The summed E-state index contributed by atoms with van der Waals surface area (Å²) in [5, 5.41) is 0. The maximum Gasteiger partial charge on any atom is 0.252 e. The van der Waals surface area contributed by atoms with Gasteiger partial charge in [-0.05, 0) is 25.0 Å². The Balaban J connectivity index is 3.38. The van der Waals surface area contributed by atoms with Gasteiger partial charge in [-0.2, -0.15) is 0 Å². The quantitative estimate of drug-likeness (QED) is 0.808. The number of carbonyl (C=O) groups excluding carboxylic acids is 1. The molecular weight excluding hydrogens is 216 g/mol. The van der Waals surface area contributed by atoms with E-state index in [0.717, 1.165) is 23.3 Å². The van der Waals surface area contributed by atoms with Gasteiger partial charge in [0, 0.05) is 13.1 Å². The Morgan fingerprint density at radius 3 is 2.53 bits per heavy atom. The number of primary amides is 1. The van der Waals surface area contributed by atoms with Gasteiger partial charge in [-0.3, -0.25) is 9.79 Å². The number of hydrogen-bond acceptors (Lipinski definition) is 3. The molecule has 0 spiro atoms. The summed E-state index contributed by atoms with van der Waals surface area (Å²) in [6, 6.07) is 0. The van der Waals surface area contributed by atoms with E-state index in [-0.39, 0.29) is 0 Å². The molecule has 4 heteroatoms. The number of rotatable bonds is 3. The minimum Gasteiger partial charge on any atom is -0.496 e. The Bertz CT molecular complexity index is 454. The monoisotopic (exact) mass is 234 g/mol. The Morgan fingerprint density at radius 2 is 2.12 bits per heavy atom. The van der Waals surface area contributed by atoms with E-state index in [0.29, 0.717) is 11.3 Å². The van der Waals surface area contributed by atoms with Gasteiger partial charge < -0.3 is 10.5 Å². The van der Waals surface area contributed by atoms with Crippen LogP contribution in [0.25, 0.3) is 0 Å². The third-order valence-electron chi connectivity index (χ3n) is 2.81. The number of amides is 1. The van der Waals surface area contributed by atoms with Gasteiger partial charge in [0.2, 0.25) is 0 Å². The van der Waals surface area contributed by atoms with Gasteiger partial charge in [0.05, 0.1) is 18.4 Å². The normalized spacial score (nSPS) is 20.8. The zero-order chi connectivity index (χ0) is 13.0. The standard InChI is InChI=1S/C13H18N2O2/c1-5-8(2)9-6-10(13(14)16)12(17-4)7-11(9)15-3/h6-7H,5H2,1-4H3,(H2,14,16)/b9-8-,15-11?. The predicted molar refractivity (Wildman–Crippen MR) is 68.7 cm³/mol. The first-order valence-electron chi connectivity index (χ1n) is 5.49. The molecule has 4 nitrogen and oxygen atoms in total. The summed E-state index contributed by atoms with van der Waals surface area (Å²) in [6.45, 7) is 4.07. The van der Waals surface area contributed by atoms with Crippen LogP contribution in [-0.4, -0.2) is 25.8 Å². The average Bonchev–Trinajstić information content (AvgIpc) is 2.35. The van der Waals surface area contributed by atoms with Crippen LogP contribution in [0.1, 0.15) is 20.3 Å². The second-order valence-corrected chi connectivity index (χ2v) is 3.79. The highest BCUT2D eigenvalue weighted by Crippen LogP contribution is 2.24. The largest absolute Gasteiger partial charge is 0.496 e. The summed E-state index contributed by atoms with van der Waals surface area (Å²) in [5.41, 5.74) is 8.65. The van der Waals surface area contributed by atoms with Gasteiger partial charge >= 0.3 is 0 Å². The lowest BCUT2D eigenvalue weighted by Gasteiger charge is -2.17. The van der Waals surface area contributed by atoms with Crippen LogP contribution in [0.3, 0.4) is 0 Å². The van der Waals surface area contributed by atoms with E-state index < -0.39 is 5.91 Å². The van der Waals surface area contributed by atoms with Crippen molar-refractivity contribution in [2.24, 2.45) is 10.7 Å². The van der Waals surface area contributed by atoms with Crippen molar-refractivity contribution in [3.05, 3.63) is 34.6 Å². The molecule has 0 aliphatic heterocycles. The van der Waals surface area contributed by atoms with Crippen molar-refractivity contribution >= 4 is 11.6 Å². The van der Waals surface area contributed by atoms with Crippen molar-refractivity contribution in [2.45, 2.75) is 20.3 Å². The fourth-order valence-electron chi connectivity index (χ4n) is 1.65. The van der Waals surface area contributed by atoms with Gasteiger partial charge in [-0.1, -0.05) is 12.5 Å². The highest BCUT2D eigenvalue weighted by Gasteiger charge is 2.21. The number of aliphatic imine (C=N–C) groups is 1. The van der Waals surface area contributed by atoms with E-state index in [1.165, 1.54) is 7.11 Å². The zero-order valence-electron chi connectivity index (χ0n) is 10.7. The van der Waals surface area contributed by atoms with Crippen LogP contribution >= 0.6 is 0 Å². The molecule has 0 atom stereocenters. The molecule has 0 bridgehead atoms. The summed E-state index contributed by atoms with van der Waals surface area (Å²) >= 11 is 0. The molecular formula is C13H18N2O2. The zero-order valence-corrected chi connectivity index (χ0v) is 10.7. The highest BCUT2D eigenvalue weighted by molar-refractivity contribution is 6.15. The smallest absolute Gasteiger partial charge is 0.252 e. The lowest BCUT2D eigenvalue weighted by Crippen LogP contribution is -2.21. The minimum atomic E-state index is -0.491. The molecule has 2 N–H and O–H groups in total. The number of carbonyl (C=O) groups is 1. The van der Waals surface area contributed by atoms with Crippen molar-refractivity contribution in [1.82, 2.24) is 0 Å². The minimum absolute atomic E-state index is 0.391. The Labute approximate surface area is 102 Å². The van der Waals surface area contributed by atoms with Crippen molar-refractivity contribution in [3.63, 3.8) is 0 Å². The van der Waals surface area contributed by atoms with Crippen LogP contribution in [-0.2, 0) is 9.53 Å². The Morgan fingerprint density at radius 1 is 1.47 bits per heavy atom. The van der Waals surface area contributed by atoms with E-state index in [1.54, 1.807) is 19.2 Å². The molecule has 0 saturated heterocycles. The summed E-state index contributed by atoms with van der Waals surface area (Å²) in [6.07, 6.45) is 4.39. The van der Waals surface area contributed by atoms with Crippen LogP contribution in [0, 0.1) is 0 Å². The van der Waals surface area contributed by atoms with Gasteiger partial charge in [-0.15, -0.1) is 0 Å². The molecule has 0 radical (unpaired) electrons.